The molecule has 1 aromatic rings. The van der Waals surface area contributed by atoms with Gasteiger partial charge in [-0.05, 0) is 24.6 Å². The van der Waals surface area contributed by atoms with E-state index in [4.69, 9.17) is 5.11 Å². The molecular formula is C10H12FNO4S. The highest BCUT2D eigenvalue weighted by Crippen LogP contribution is 2.21. The molecule has 0 amide bonds. The highest BCUT2D eigenvalue weighted by atomic mass is 32.2. The van der Waals surface area contributed by atoms with Crippen LogP contribution in [0.25, 0.3) is 0 Å². The molecular weight excluding hydrogens is 249 g/mol. The van der Waals surface area contributed by atoms with Crippen molar-refractivity contribution in [3.63, 3.8) is 0 Å². The number of carboxylic acids is 1. The van der Waals surface area contributed by atoms with E-state index < -0.39 is 27.4 Å². The molecule has 0 aliphatic carbocycles. The molecule has 5 nitrogen and oxygen atoms in total. The summed E-state index contributed by atoms with van der Waals surface area (Å²) in [7, 11) is -1.14. The first-order chi connectivity index (χ1) is 7.67. The van der Waals surface area contributed by atoms with E-state index in [1.54, 1.807) is 0 Å². The summed E-state index contributed by atoms with van der Waals surface area (Å²) in [5, 5.41) is 8.77. The molecule has 0 fully saturated rings. The Kier molecular flexibility index (Phi) is 3.53. The monoisotopic (exact) mass is 261 g/mol. The fourth-order valence-corrected chi connectivity index (χ4v) is 2.27. The van der Waals surface area contributed by atoms with Crippen molar-refractivity contribution in [2.75, 3.05) is 14.1 Å². The first-order valence-corrected chi connectivity index (χ1v) is 6.08. The van der Waals surface area contributed by atoms with Crippen molar-refractivity contribution in [2.24, 2.45) is 0 Å². The number of carboxylic acid groups (broad SMARTS) is 1. The van der Waals surface area contributed by atoms with Gasteiger partial charge in [-0.1, -0.05) is 0 Å². The number of sulfonamides is 1. The van der Waals surface area contributed by atoms with Crippen LogP contribution in [0.15, 0.2) is 17.0 Å². The summed E-state index contributed by atoms with van der Waals surface area (Å²) in [5.74, 6) is -2.42. The molecule has 7 heteroatoms. The first-order valence-electron chi connectivity index (χ1n) is 4.64. The largest absolute Gasteiger partial charge is 0.478 e. The number of hydrogen-bond donors (Lipinski definition) is 1. The third-order valence-corrected chi connectivity index (χ3v) is 4.03. The number of halogens is 1. The minimum atomic E-state index is -3.77. The van der Waals surface area contributed by atoms with Gasteiger partial charge in [0.25, 0.3) is 0 Å². The van der Waals surface area contributed by atoms with Crippen LogP contribution in [0.1, 0.15) is 15.9 Å². The van der Waals surface area contributed by atoms with E-state index in [-0.39, 0.29) is 10.5 Å². The van der Waals surface area contributed by atoms with Gasteiger partial charge in [0, 0.05) is 14.1 Å². The predicted octanol–water partition coefficient (Wildman–Crippen LogP) is 1.08. The Labute approximate surface area is 98.5 Å². The van der Waals surface area contributed by atoms with Crippen molar-refractivity contribution in [3.8, 4) is 0 Å². The van der Waals surface area contributed by atoms with E-state index in [0.717, 1.165) is 16.4 Å². The Morgan fingerprint density at radius 1 is 1.35 bits per heavy atom. The highest BCUT2D eigenvalue weighted by Gasteiger charge is 2.22. The van der Waals surface area contributed by atoms with Crippen molar-refractivity contribution in [1.82, 2.24) is 4.31 Å². The van der Waals surface area contributed by atoms with Crippen LogP contribution in [0.4, 0.5) is 4.39 Å². The van der Waals surface area contributed by atoms with Crippen molar-refractivity contribution in [1.29, 1.82) is 0 Å². The Bertz CT molecular complexity index is 566. The Balaban J connectivity index is 3.55. The molecule has 0 heterocycles. The molecule has 0 unspecified atom stereocenters. The second-order valence-corrected chi connectivity index (χ2v) is 5.85. The van der Waals surface area contributed by atoms with E-state index >= 15 is 0 Å². The van der Waals surface area contributed by atoms with Crippen molar-refractivity contribution in [3.05, 3.63) is 29.1 Å². The maximum Gasteiger partial charge on any atom is 0.338 e. The summed E-state index contributed by atoms with van der Waals surface area (Å²) in [6, 6.07) is 1.93. The molecule has 0 bridgehead atoms. The molecule has 17 heavy (non-hydrogen) atoms. The minimum absolute atomic E-state index is 0.0228. The van der Waals surface area contributed by atoms with Crippen LogP contribution in [-0.2, 0) is 10.0 Å². The lowest BCUT2D eigenvalue weighted by Gasteiger charge is -2.13. The molecule has 0 saturated heterocycles. The molecule has 0 aromatic heterocycles. The van der Waals surface area contributed by atoms with Gasteiger partial charge in [-0.3, -0.25) is 0 Å². The number of carbonyl (C=O) groups is 1. The summed E-state index contributed by atoms with van der Waals surface area (Å²) in [5.41, 5.74) is -0.671. The fraction of sp³-hybridized carbons (Fsp3) is 0.300. The zero-order valence-electron chi connectivity index (χ0n) is 9.56. The smallest absolute Gasteiger partial charge is 0.338 e. The van der Waals surface area contributed by atoms with Gasteiger partial charge >= 0.3 is 5.97 Å². The maximum atomic E-state index is 13.4. The van der Waals surface area contributed by atoms with Crippen molar-refractivity contribution >= 4 is 16.0 Å². The lowest BCUT2D eigenvalue weighted by molar-refractivity contribution is 0.0691. The predicted molar refractivity (Wildman–Crippen MR) is 59.0 cm³/mol. The van der Waals surface area contributed by atoms with Crippen LogP contribution < -0.4 is 0 Å². The molecule has 0 radical (unpaired) electrons. The molecule has 1 aromatic carbocycles. The lowest BCUT2D eigenvalue weighted by atomic mass is 10.1. The number of rotatable bonds is 3. The second-order valence-electron chi connectivity index (χ2n) is 3.69. The van der Waals surface area contributed by atoms with Crippen LogP contribution in [0.5, 0.6) is 0 Å². The van der Waals surface area contributed by atoms with Crippen molar-refractivity contribution in [2.45, 2.75) is 11.8 Å². The minimum Gasteiger partial charge on any atom is -0.478 e. The first kappa shape index (κ1) is 13.6. The summed E-state index contributed by atoms with van der Waals surface area (Å²) >= 11 is 0. The lowest BCUT2D eigenvalue weighted by Crippen LogP contribution is -2.23. The third kappa shape index (κ3) is 2.45. The molecule has 0 aliphatic rings. The Morgan fingerprint density at radius 2 is 1.88 bits per heavy atom. The van der Waals surface area contributed by atoms with Gasteiger partial charge < -0.3 is 5.11 Å². The number of hydrogen-bond acceptors (Lipinski definition) is 3. The van der Waals surface area contributed by atoms with E-state index in [1.165, 1.54) is 21.0 Å². The molecule has 94 valence electrons. The molecule has 1 rings (SSSR count). The second kappa shape index (κ2) is 4.42. The SMILES string of the molecule is Cc1cc(S(=O)(=O)N(C)C)cc(C(=O)O)c1F. The molecule has 0 atom stereocenters. The summed E-state index contributed by atoms with van der Waals surface area (Å²) in [6.45, 7) is 1.32. The normalized spacial score (nSPS) is 11.8. The van der Waals surface area contributed by atoms with Crippen LogP contribution in [0.3, 0.4) is 0 Å². The standard InChI is InChI=1S/C10H12FNO4S/c1-6-4-7(17(15,16)12(2)3)5-8(9(6)11)10(13)14/h4-5H,1-3H3,(H,13,14). The van der Waals surface area contributed by atoms with E-state index in [1.807, 2.05) is 0 Å². The molecule has 0 spiro atoms. The Morgan fingerprint density at radius 3 is 2.29 bits per heavy atom. The number of nitrogens with zero attached hydrogens (tertiary/aromatic N) is 1. The number of aromatic carboxylic acids is 1. The van der Waals surface area contributed by atoms with Crippen LogP contribution in [-0.4, -0.2) is 37.9 Å². The van der Waals surface area contributed by atoms with Gasteiger partial charge in [0.1, 0.15) is 5.82 Å². The van der Waals surface area contributed by atoms with E-state index in [0.29, 0.717) is 0 Å². The van der Waals surface area contributed by atoms with Crippen LogP contribution in [0, 0.1) is 12.7 Å². The highest BCUT2D eigenvalue weighted by molar-refractivity contribution is 7.89. The van der Waals surface area contributed by atoms with E-state index in [2.05, 4.69) is 0 Å². The average molecular weight is 261 g/mol. The zero-order valence-corrected chi connectivity index (χ0v) is 10.4. The summed E-state index contributed by atoms with van der Waals surface area (Å²) in [4.78, 5) is 10.5. The molecule has 0 saturated carbocycles. The Hall–Kier alpha value is -1.47. The van der Waals surface area contributed by atoms with Gasteiger partial charge in [-0.15, -0.1) is 0 Å². The van der Waals surface area contributed by atoms with Gasteiger partial charge in [0.2, 0.25) is 10.0 Å². The van der Waals surface area contributed by atoms with Gasteiger partial charge in [0.15, 0.2) is 0 Å². The van der Waals surface area contributed by atoms with Crippen LogP contribution >= 0.6 is 0 Å². The fourth-order valence-electron chi connectivity index (χ4n) is 1.25. The topological polar surface area (TPSA) is 74.7 Å². The number of benzene rings is 1. The van der Waals surface area contributed by atoms with Gasteiger partial charge in [-0.2, -0.15) is 0 Å². The number of aryl methyl sites for hydroxylation is 1. The van der Waals surface area contributed by atoms with Crippen LogP contribution in [0.2, 0.25) is 0 Å². The molecule has 1 N–H and O–H groups in total. The van der Waals surface area contributed by atoms with Crippen molar-refractivity contribution < 1.29 is 22.7 Å². The van der Waals surface area contributed by atoms with Gasteiger partial charge in [-0.25, -0.2) is 21.9 Å². The average Bonchev–Trinajstić information content (AvgIpc) is 2.20. The molecule has 0 aliphatic heterocycles. The summed E-state index contributed by atoms with van der Waals surface area (Å²) in [6.07, 6.45) is 0. The maximum absolute atomic E-state index is 13.4. The summed E-state index contributed by atoms with van der Waals surface area (Å²) < 4.78 is 37.9. The van der Waals surface area contributed by atoms with Gasteiger partial charge in [0.05, 0.1) is 10.5 Å². The van der Waals surface area contributed by atoms with E-state index in [9.17, 15) is 17.6 Å². The third-order valence-electron chi connectivity index (χ3n) is 2.24. The zero-order chi connectivity index (χ0) is 13.4. The quantitative estimate of drug-likeness (QED) is 0.883.